The summed E-state index contributed by atoms with van der Waals surface area (Å²) in [4.78, 5) is 21.9. The van der Waals surface area contributed by atoms with Crippen molar-refractivity contribution in [3.63, 3.8) is 0 Å². The maximum absolute atomic E-state index is 11.7. The molecule has 106 valence electrons. The summed E-state index contributed by atoms with van der Waals surface area (Å²) >= 11 is 0. The van der Waals surface area contributed by atoms with E-state index >= 15 is 0 Å². The van der Waals surface area contributed by atoms with Gasteiger partial charge in [-0.15, -0.1) is 0 Å². The highest BCUT2D eigenvalue weighted by Crippen LogP contribution is 2.14. The van der Waals surface area contributed by atoms with Crippen molar-refractivity contribution in [2.24, 2.45) is 0 Å². The van der Waals surface area contributed by atoms with Gasteiger partial charge in [-0.2, -0.15) is 13.2 Å². The van der Waals surface area contributed by atoms with Crippen molar-refractivity contribution in [2.45, 2.75) is 38.4 Å². The molecule has 0 aliphatic heterocycles. The Balaban J connectivity index is 3.85. The van der Waals surface area contributed by atoms with E-state index < -0.39 is 37.3 Å². The molecule has 1 amide bonds. The van der Waals surface area contributed by atoms with E-state index in [1.54, 1.807) is 6.92 Å². The molecule has 0 aromatic carbocycles. The molecule has 0 rings (SSSR count). The lowest BCUT2D eigenvalue weighted by molar-refractivity contribution is -0.174. The van der Waals surface area contributed by atoms with Crippen LogP contribution in [0, 0.1) is 0 Å². The number of rotatable bonds is 8. The Morgan fingerprint density at radius 2 is 2.00 bits per heavy atom. The fourth-order valence-corrected chi connectivity index (χ4v) is 1.17. The summed E-state index contributed by atoms with van der Waals surface area (Å²) in [5.74, 6) is -1.81. The molecule has 0 saturated carbocycles. The van der Waals surface area contributed by atoms with Crippen molar-refractivity contribution in [3.05, 3.63) is 0 Å². The number of amides is 1. The quantitative estimate of drug-likeness (QED) is 0.653. The van der Waals surface area contributed by atoms with Crippen LogP contribution in [0.3, 0.4) is 0 Å². The number of hydrogen-bond donors (Lipinski definition) is 2. The molecule has 0 fully saturated rings. The van der Waals surface area contributed by atoms with Crippen LogP contribution in [0.1, 0.15) is 26.2 Å². The van der Waals surface area contributed by atoms with Gasteiger partial charge in [-0.1, -0.05) is 13.3 Å². The first-order valence-corrected chi connectivity index (χ1v) is 5.43. The minimum atomic E-state index is -4.43. The molecule has 0 aliphatic carbocycles. The van der Waals surface area contributed by atoms with E-state index in [4.69, 9.17) is 5.11 Å². The third-order valence-corrected chi connectivity index (χ3v) is 1.95. The van der Waals surface area contributed by atoms with Crippen LogP contribution in [0.2, 0.25) is 0 Å². The molecule has 0 bridgehead atoms. The van der Waals surface area contributed by atoms with E-state index in [0.29, 0.717) is 6.42 Å². The minimum Gasteiger partial charge on any atom is -0.480 e. The Labute approximate surface area is 102 Å². The zero-order valence-electron chi connectivity index (χ0n) is 9.92. The van der Waals surface area contributed by atoms with Gasteiger partial charge >= 0.3 is 12.1 Å². The zero-order valence-corrected chi connectivity index (χ0v) is 9.92. The summed E-state index contributed by atoms with van der Waals surface area (Å²) in [6.45, 7) is -0.0596. The van der Waals surface area contributed by atoms with Crippen LogP contribution in [0.5, 0.6) is 0 Å². The lowest BCUT2D eigenvalue weighted by Crippen LogP contribution is -2.41. The van der Waals surface area contributed by atoms with Crippen molar-refractivity contribution in [1.29, 1.82) is 0 Å². The second kappa shape index (κ2) is 7.91. The van der Waals surface area contributed by atoms with Gasteiger partial charge in [0.2, 0.25) is 5.91 Å². The molecule has 18 heavy (non-hydrogen) atoms. The topological polar surface area (TPSA) is 75.6 Å². The average molecular weight is 271 g/mol. The molecular formula is C10H16F3NO4. The highest BCUT2D eigenvalue weighted by molar-refractivity contribution is 5.83. The molecular weight excluding hydrogens is 255 g/mol. The average Bonchev–Trinajstić information content (AvgIpc) is 2.22. The lowest BCUT2D eigenvalue weighted by atomic mass is 10.1. The van der Waals surface area contributed by atoms with E-state index in [0.717, 1.165) is 0 Å². The van der Waals surface area contributed by atoms with E-state index in [1.165, 1.54) is 0 Å². The number of carbonyl (C=O) groups is 2. The van der Waals surface area contributed by atoms with Gasteiger partial charge in [0.15, 0.2) is 0 Å². The maximum Gasteiger partial charge on any atom is 0.411 e. The highest BCUT2D eigenvalue weighted by Gasteiger charge is 2.27. The van der Waals surface area contributed by atoms with Gasteiger partial charge in [0.05, 0.1) is 6.61 Å². The van der Waals surface area contributed by atoms with Gasteiger partial charge < -0.3 is 15.2 Å². The van der Waals surface area contributed by atoms with Gasteiger partial charge in [0.25, 0.3) is 0 Å². The van der Waals surface area contributed by atoms with Crippen molar-refractivity contribution >= 4 is 11.9 Å². The van der Waals surface area contributed by atoms with Crippen LogP contribution in [0.4, 0.5) is 13.2 Å². The second-order valence-electron chi connectivity index (χ2n) is 3.66. The number of hydrogen-bond acceptors (Lipinski definition) is 3. The Morgan fingerprint density at radius 3 is 2.44 bits per heavy atom. The van der Waals surface area contributed by atoms with Crippen LogP contribution in [0.15, 0.2) is 0 Å². The fraction of sp³-hybridized carbons (Fsp3) is 0.800. The number of nitrogens with one attached hydrogen (secondary N) is 1. The number of ether oxygens (including phenoxy) is 1. The van der Waals surface area contributed by atoms with Gasteiger partial charge in [0.1, 0.15) is 12.6 Å². The second-order valence-corrected chi connectivity index (χ2v) is 3.66. The van der Waals surface area contributed by atoms with Gasteiger partial charge in [0, 0.05) is 6.42 Å². The first kappa shape index (κ1) is 16.7. The van der Waals surface area contributed by atoms with E-state index in [1.807, 2.05) is 0 Å². The Hall–Kier alpha value is -1.31. The van der Waals surface area contributed by atoms with Crippen molar-refractivity contribution in [1.82, 2.24) is 5.32 Å². The molecule has 8 heteroatoms. The molecule has 5 nitrogen and oxygen atoms in total. The summed E-state index contributed by atoms with van der Waals surface area (Å²) in [7, 11) is 0. The van der Waals surface area contributed by atoms with Crippen LogP contribution in [-0.4, -0.2) is 42.4 Å². The van der Waals surface area contributed by atoms with Gasteiger partial charge in [-0.3, -0.25) is 4.79 Å². The largest absolute Gasteiger partial charge is 0.480 e. The van der Waals surface area contributed by atoms with Crippen LogP contribution in [0.25, 0.3) is 0 Å². The number of carboxylic acid groups (broad SMARTS) is 1. The molecule has 0 unspecified atom stereocenters. The molecule has 0 aromatic heterocycles. The summed E-state index contributed by atoms with van der Waals surface area (Å²) in [5, 5.41) is 11.0. The number of aliphatic carboxylic acids is 1. The standard InChI is InChI=1S/C10H16F3NO4/c1-2-3-7(9(16)17)14-8(15)4-5-18-6-10(11,12)13/h7H,2-6H2,1H3,(H,14,15)(H,16,17)/t7-/m0/s1. The fourth-order valence-electron chi connectivity index (χ4n) is 1.17. The molecule has 2 N–H and O–H groups in total. The van der Waals surface area contributed by atoms with Crippen LogP contribution < -0.4 is 5.32 Å². The molecule has 0 aromatic rings. The summed E-state index contributed by atoms with van der Waals surface area (Å²) in [5.41, 5.74) is 0. The number of carboxylic acids is 1. The zero-order chi connectivity index (χ0) is 14.2. The third-order valence-electron chi connectivity index (χ3n) is 1.95. The maximum atomic E-state index is 11.7. The smallest absolute Gasteiger partial charge is 0.411 e. The molecule has 1 atom stereocenters. The predicted molar refractivity (Wildman–Crippen MR) is 56.0 cm³/mol. The van der Waals surface area contributed by atoms with Crippen LogP contribution >= 0.6 is 0 Å². The van der Waals surface area contributed by atoms with E-state index in [2.05, 4.69) is 10.1 Å². The first-order valence-electron chi connectivity index (χ1n) is 5.43. The Morgan fingerprint density at radius 1 is 1.39 bits per heavy atom. The minimum absolute atomic E-state index is 0.268. The van der Waals surface area contributed by atoms with Crippen LogP contribution in [-0.2, 0) is 14.3 Å². The Kier molecular flexibility index (Phi) is 7.33. The summed E-state index contributed by atoms with van der Waals surface area (Å²) in [6, 6.07) is -1.01. The van der Waals surface area contributed by atoms with Crippen molar-refractivity contribution < 1.29 is 32.6 Å². The number of alkyl halides is 3. The molecule has 0 radical (unpaired) electrons. The molecule has 0 saturated heterocycles. The predicted octanol–water partition coefficient (Wildman–Crippen LogP) is 1.32. The van der Waals surface area contributed by atoms with Gasteiger partial charge in [-0.05, 0) is 6.42 Å². The summed E-state index contributed by atoms with van der Waals surface area (Å²) in [6.07, 6.45) is -3.89. The SMILES string of the molecule is CCC[C@H](NC(=O)CCOCC(F)(F)F)C(=O)O. The normalized spacial score (nSPS) is 13.1. The van der Waals surface area contributed by atoms with Crippen molar-refractivity contribution in [2.75, 3.05) is 13.2 Å². The first-order chi connectivity index (χ1) is 8.26. The van der Waals surface area contributed by atoms with E-state index in [-0.39, 0.29) is 12.8 Å². The lowest BCUT2D eigenvalue weighted by Gasteiger charge is -2.13. The number of halogens is 3. The highest BCUT2D eigenvalue weighted by atomic mass is 19.4. The van der Waals surface area contributed by atoms with Gasteiger partial charge in [-0.25, -0.2) is 4.79 Å². The molecule has 0 spiro atoms. The monoisotopic (exact) mass is 271 g/mol. The van der Waals surface area contributed by atoms with E-state index in [9.17, 15) is 22.8 Å². The molecule has 0 aliphatic rings. The summed E-state index contributed by atoms with van der Waals surface area (Å²) < 4.78 is 39.3. The molecule has 0 heterocycles. The van der Waals surface area contributed by atoms with Crippen molar-refractivity contribution in [3.8, 4) is 0 Å². The third kappa shape index (κ3) is 8.80. The Bertz CT molecular complexity index is 281. The number of carbonyl (C=O) groups excluding carboxylic acids is 1.